The lowest BCUT2D eigenvalue weighted by molar-refractivity contribution is 0.103. The van der Waals surface area contributed by atoms with Crippen molar-refractivity contribution in [2.45, 2.75) is 6.92 Å². The minimum Gasteiger partial charge on any atom is -0.355 e. The van der Waals surface area contributed by atoms with Gasteiger partial charge in [0.25, 0.3) is 0 Å². The van der Waals surface area contributed by atoms with Gasteiger partial charge in [-0.15, -0.1) is 0 Å². The normalized spacial score (nSPS) is 10.4. The van der Waals surface area contributed by atoms with E-state index < -0.39 is 0 Å². The Bertz CT molecular complexity index is 525. The number of benzene rings is 1. The molecule has 0 unspecified atom stereocenters. The molecular formula is C13H12INO. The first kappa shape index (κ1) is 11.4. The van der Waals surface area contributed by atoms with E-state index in [9.17, 15) is 4.79 Å². The van der Waals surface area contributed by atoms with Crippen LogP contribution in [0.1, 0.15) is 21.5 Å². The monoisotopic (exact) mass is 325 g/mol. The van der Waals surface area contributed by atoms with Crippen LogP contribution in [0.4, 0.5) is 0 Å². The lowest BCUT2D eigenvalue weighted by Crippen LogP contribution is -2.01. The number of aryl methyl sites for hydroxylation is 2. The third-order valence-corrected chi connectivity index (χ3v) is 3.33. The minimum atomic E-state index is 0.0880. The fourth-order valence-corrected chi connectivity index (χ4v) is 2.40. The van der Waals surface area contributed by atoms with Crippen LogP contribution in [-0.4, -0.2) is 10.4 Å². The zero-order chi connectivity index (χ0) is 11.7. The topological polar surface area (TPSA) is 22.0 Å². The highest BCUT2D eigenvalue weighted by Crippen LogP contribution is 2.17. The summed E-state index contributed by atoms with van der Waals surface area (Å²) < 4.78 is 2.90. The summed E-state index contributed by atoms with van der Waals surface area (Å²) in [6.45, 7) is 2.01. The van der Waals surface area contributed by atoms with Crippen molar-refractivity contribution in [1.82, 2.24) is 4.57 Å². The van der Waals surface area contributed by atoms with Gasteiger partial charge in [0.2, 0.25) is 0 Å². The number of nitrogens with zero attached hydrogens (tertiary/aromatic N) is 1. The van der Waals surface area contributed by atoms with Crippen molar-refractivity contribution in [3.8, 4) is 0 Å². The van der Waals surface area contributed by atoms with Gasteiger partial charge in [-0.05, 0) is 29.5 Å². The van der Waals surface area contributed by atoms with Gasteiger partial charge in [0, 0.05) is 28.6 Å². The number of hydrogen-bond donors (Lipinski definition) is 0. The Labute approximate surface area is 108 Å². The van der Waals surface area contributed by atoms with E-state index in [2.05, 4.69) is 22.6 Å². The third kappa shape index (κ3) is 2.19. The second kappa shape index (κ2) is 4.41. The average molecular weight is 325 g/mol. The Morgan fingerprint density at radius 3 is 2.31 bits per heavy atom. The molecule has 2 rings (SSSR count). The molecule has 1 aromatic carbocycles. The van der Waals surface area contributed by atoms with Crippen LogP contribution < -0.4 is 0 Å². The van der Waals surface area contributed by atoms with Gasteiger partial charge in [-0.1, -0.05) is 29.8 Å². The zero-order valence-corrected chi connectivity index (χ0v) is 11.4. The molecule has 1 aromatic heterocycles. The van der Waals surface area contributed by atoms with Crippen molar-refractivity contribution < 1.29 is 4.79 Å². The van der Waals surface area contributed by atoms with Gasteiger partial charge in [0.15, 0.2) is 5.78 Å². The first-order valence-corrected chi connectivity index (χ1v) is 6.08. The van der Waals surface area contributed by atoms with Crippen LogP contribution in [0, 0.1) is 10.5 Å². The summed E-state index contributed by atoms with van der Waals surface area (Å²) in [6.07, 6.45) is 3.81. The second-order valence-corrected chi connectivity index (χ2v) is 5.04. The summed E-state index contributed by atoms with van der Waals surface area (Å²) in [5, 5.41) is 0. The maximum Gasteiger partial charge on any atom is 0.195 e. The molecule has 0 radical (unpaired) electrons. The van der Waals surface area contributed by atoms with Gasteiger partial charge < -0.3 is 4.57 Å². The number of halogens is 1. The molecule has 0 aliphatic rings. The van der Waals surface area contributed by atoms with Crippen LogP contribution in [-0.2, 0) is 7.05 Å². The molecule has 16 heavy (non-hydrogen) atoms. The lowest BCUT2D eigenvalue weighted by Gasteiger charge is -2.00. The van der Waals surface area contributed by atoms with Gasteiger partial charge in [-0.3, -0.25) is 4.79 Å². The molecule has 0 amide bonds. The Morgan fingerprint density at radius 1 is 1.19 bits per heavy atom. The molecule has 0 aliphatic carbocycles. The van der Waals surface area contributed by atoms with Crippen molar-refractivity contribution in [3.05, 3.63) is 56.9 Å². The number of carbonyl (C=O) groups excluding carboxylic acids is 1. The van der Waals surface area contributed by atoms with Gasteiger partial charge in [0.1, 0.15) is 0 Å². The van der Waals surface area contributed by atoms with Crippen LogP contribution in [0.15, 0.2) is 36.7 Å². The highest BCUT2D eigenvalue weighted by molar-refractivity contribution is 14.1. The Morgan fingerprint density at radius 2 is 1.81 bits per heavy atom. The van der Waals surface area contributed by atoms with E-state index in [-0.39, 0.29) is 5.78 Å². The van der Waals surface area contributed by atoms with Crippen molar-refractivity contribution in [2.24, 2.45) is 7.05 Å². The predicted molar refractivity (Wildman–Crippen MR) is 72.7 cm³/mol. The molecule has 82 valence electrons. The Kier molecular flexibility index (Phi) is 3.14. The quantitative estimate of drug-likeness (QED) is 0.614. The lowest BCUT2D eigenvalue weighted by atomic mass is 10.0. The maximum atomic E-state index is 12.2. The molecule has 2 aromatic rings. The van der Waals surface area contributed by atoms with E-state index in [1.807, 2.05) is 55.2 Å². The fourth-order valence-electron chi connectivity index (χ4n) is 1.58. The summed E-state index contributed by atoms with van der Waals surface area (Å²) >= 11 is 2.19. The number of ketones is 1. The third-order valence-electron chi connectivity index (χ3n) is 2.47. The molecule has 0 atom stereocenters. The largest absolute Gasteiger partial charge is 0.355 e. The first-order chi connectivity index (χ1) is 7.58. The zero-order valence-electron chi connectivity index (χ0n) is 9.20. The van der Waals surface area contributed by atoms with Gasteiger partial charge in [0.05, 0.1) is 5.56 Å². The van der Waals surface area contributed by atoms with E-state index >= 15 is 0 Å². The minimum absolute atomic E-state index is 0.0880. The number of rotatable bonds is 2. The van der Waals surface area contributed by atoms with Crippen molar-refractivity contribution in [3.63, 3.8) is 0 Å². The van der Waals surface area contributed by atoms with E-state index in [0.717, 1.165) is 14.7 Å². The van der Waals surface area contributed by atoms with Crippen molar-refractivity contribution in [1.29, 1.82) is 0 Å². The SMILES string of the molecule is Cc1ccc(C(=O)c2cn(C)cc2I)cc1. The molecular weight excluding hydrogens is 313 g/mol. The summed E-state index contributed by atoms with van der Waals surface area (Å²) in [5.41, 5.74) is 2.68. The van der Waals surface area contributed by atoms with E-state index in [1.54, 1.807) is 0 Å². The second-order valence-electron chi connectivity index (χ2n) is 3.88. The molecule has 0 aliphatic heterocycles. The molecule has 0 spiro atoms. The van der Waals surface area contributed by atoms with Gasteiger partial charge >= 0.3 is 0 Å². The summed E-state index contributed by atoms with van der Waals surface area (Å²) in [4.78, 5) is 12.2. The van der Waals surface area contributed by atoms with Crippen molar-refractivity contribution in [2.75, 3.05) is 0 Å². The van der Waals surface area contributed by atoms with E-state index in [4.69, 9.17) is 0 Å². The van der Waals surface area contributed by atoms with Crippen molar-refractivity contribution >= 4 is 28.4 Å². The summed E-state index contributed by atoms with van der Waals surface area (Å²) in [6, 6.07) is 7.67. The molecule has 3 heteroatoms. The average Bonchev–Trinajstić information content (AvgIpc) is 2.58. The van der Waals surface area contributed by atoms with Gasteiger partial charge in [-0.25, -0.2) is 0 Å². The van der Waals surface area contributed by atoms with E-state index in [1.165, 1.54) is 5.56 Å². The fraction of sp³-hybridized carbons (Fsp3) is 0.154. The maximum absolute atomic E-state index is 12.2. The van der Waals surface area contributed by atoms with Crippen LogP contribution in [0.5, 0.6) is 0 Å². The van der Waals surface area contributed by atoms with E-state index in [0.29, 0.717) is 0 Å². The van der Waals surface area contributed by atoms with Gasteiger partial charge in [-0.2, -0.15) is 0 Å². The molecule has 0 saturated carbocycles. The summed E-state index contributed by atoms with van der Waals surface area (Å²) in [5.74, 6) is 0.0880. The smallest absolute Gasteiger partial charge is 0.195 e. The molecule has 0 saturated heterocycles. The van der Waals surface area contributed by atoms with Crippen LogP contribution >= 0.6 is 22.6 Å². The molecule has 0 bridgehead atoms. The molecule has 1 heterocycles. The number of hydrogen-bond acceptors (Lipinski definition) is 1. The number of aromatic nitrogens is 1. The standard InChI is InChI=1S/C13H12INO/c1-9-3-5-10(6-4-9)13(16)11-7-15(2)8-12(11)14/h3-8H,1-2H3. The summed E-state index contributed by atoms with van der Waals surface area (Å²) in [7, 11) is 1.92. The molecule has 0 N–H and O–H groups in total. The highest BCUT2D eigenvalue weighted by atomic mass is 127. The molecule has 2 nitrogen and oxygen atoms in total. The highest BCUT2D eigenvalue weighted by Gasteiger charge is 2.13. The van der Waals surface area contributed by atoms with Crippen LogP contribution in [0.25, 0.3) is 0 Å². The molecule has 0 fully saturated rings. The van der Waals surface area contributed by atoms with Crippen LogP contribution in [0.3, 0.4) is 0 Å². The first-order valence-electron chi connectivity index (χ1n) is 5.01. The number of carbonyl (C=O) groups is 1. The Hall–Kier alpha value is -1.10. The predicted octanol–water partition coefficient (Wildman–Crippen LogP) is 3.17. The van der Waals surface area contributed by atoms with Crippen LogP contribution in [0.2, 0.25) is 0 Å². The Balaban J connectivity index is 2.39.